The molecule has 1 aliphatic carbocycles. The van der Waals surface area contributed by atoms with Gasteiger partial charge < -0.3 is 10.2 Å². The number of allylic oxidation sites excluding steroid dienone is 2. The van der Waals surface area contributed by atoms with E-state index >= 15 is 0 Å². The smallest absolute Gasteiger partial charge is 0.303 e. The fourth-order valence-electron chi connectivity index (χ4n) is 3.72. The maximum Gasteiger partial charge on any atom is 0.303 e. The van der Waals surface area contributed by atoms with Gasteiger partial charge >= 0.3 is 5.97 Å². The highest BCUT2D eigenvalue weighted by Crippen LogP contribution is 2.44. The normalized spacial score (nSPS) is 29.8. The van der Waals surface area contributed by atoms with Crippen LogP contribution in [0.15, 0.2) is 24.3 Å². The third-order valence-electron chi connectivity index (χ3n) is 5.16. The molecule has 5 heteroatoms. The summed E-state index contributed by atoms with van der Waals surface area (Å²) in [5.41, 5.74) is 0. The molecular formula is C20H32O5. The lowest BCUT2D eigenvalue weighted by Crippen LogP contribution is -2.28. The molecule has 0 aromatic heterocycles. The molecule has 2 aliphatic rings. The molecule has 142 valence electrons. The number of hydrogen-bond donors (Lipinski definition) is 2. The largest absolute Gasteiger partial charge is 0.481 e. The summed E-state index contributed by atoms with van der Waals surface area (Å²) in [6.45, 7) is 2.16. The van der Waals surface area contributed by atoms with E-state index in [1.54, 1.807) is 0 Å². The summed E-state index contributed by atoms with van der Waals surface area (Å²) in [6, 6.07) is 0. The van der Waals surface area contributed by atoms with Gasteiger partial charge in [-0.05, 0) is 25.7 Å². The average molecular weight is 352 g/mol. The van der Waals surface area contributed by atoms with Crippen LogP contribution in [0.2, 0.25) is 0 Å². The second-order valence-corrected chi connectivity index (χ2v) is 7.19. The molecule has 1 saturated carbocycles. The molecule has 5 atom stereocenters. The highest BCUT2D eigenvalue weighted by Gasteiger charge is 2.49. The van der Waals surface area contributed by atoms with Crippen LogP contribution in [0.5, 0.6) is 0 Å². The van der Waals surface area contributed by atoms with Crippen molar-refractivity contribution >= 4 is 5.97 Å². The molecule has 2 rings (SSSR count). The number of aliphatic hydroxyl groups is 1. The Bertz CT molecular complexity index is 459. The molecule has 0 aromatic carbocycles. The van der Waals surface area contributed by atoms with Crippen molar-refractivity contribution in [3.63, 3.8) is 0 Å². The van der Waals surface area contributed by atoms with Crippen molar-refractivity contribution < 1.29 is 24.8 Å². The Kier molecular flexibility index (Phi) is 8.65. The summed E-state index contributed by atoms with van der Waals surface area (Å²) in [5.74, 6) is -0.0912. The van der Waals surface area contributed by atoms with E-state index < -0.39 is 5.97 Å². The Morgan fingerprint density at radius 3 is 2.76 bits per heavy atom. The van der Waals surface area contributed by atoms with Crippen LogP contribution in [0.3, 0.4) is 0 Å². The van der Waals surface area contributed by atoms with Gasteiger partial charge in [0, 0.05) is 24.7 Å². The summed E-state index contributed by atoms with van der Waals surface area (Å²) in [5, 5.41) is 18.7. The van der Waals surface area contributed by atoms with Crippen molar-refractivity contribution in [1.82, 2.24) is 0 Å². The van der Waals surface area contributed by atoms with Gasteiger partial charge in [-0.25, -0.2) is 9.78 Å². The van der Waals surface area contributed by atoms with Crippen LogP contribution in [-0.4, -0.2) is 34.5 Å². The first-order valence-corrected chi connectivity index (χ1v) is 9.67. The number of carboxylic acid groups (broad SMARTS) is 1. The van der Waals surface area contributed by atoms with Gasteiger partial charge in [0.25, 0.3) is 0 Å². The zero-order valence-corrected chi connectivity index (χ0v) is 15.2. The molecule has 1 saturated heterocycles. The number of unbranched alkanes of at least 4 members (excludes halogenated alkanes) is 3. The fourth-order valence-corrected chi connectivity index (χ4v) is 3.72. The number of aliphatic hydroxyl groups excluding tert-OH is 1. The van der Waals surface area contributed by atoms with Crippen molar-refractivity contribution in [1.29, 1.82) is 0 Å². The summed E-state index contributed by atoms with van der Waals surface area (Å²) in [6.07, 6.45) is 15.8. The first kappa shape index (κ1) is 20.1. The fraction of sp³-hybridized carbons (Fsp3) is 0.750. The number of aliphatic carboxylic acids is 1. The Morgan fingerprint density at radius 2 is 2.00 bits per heavy atom. The minimum Gasteiger partial charge on any atom is -0.481 e. The molecule has 2 fully saturated rings. The molecule has 2 N–H and O–H groups in total. The van der Waals surface area contributed by atoms with Crippen LogP contribution in [0.25, 0.3) is 0 Å². The summed E-state index contributed by atoms with van der Waals surface area (Å²) in [4.78, 5) is 21.3. The number of carboxylic acids is 1. The van der Waals surface area contributed by atoms with Crippen molar-refractivity contribution in [2.45, 2.75) is 83.0 Å². The van der Waals surface area contributed by atoms with Gasteiger partial charge in [-0.1, -0.05) is 50.5 Å². The zero-order valence-electron chi connectivity index (χ0n) is 15.2. The molecule has 4 unspecified atom stereocenters. The van der Waals surface area contributed by atoms with E-state index in [1.807, 2.05) is 6.08 Å². The third-order valence-corrected chi connectivity index (χ3v) is 5.16. The van der Waals surface area contributed by atoms with Crippen LogP contribution in [0, 0.1) is 11.8 Å². The Labute approximate surface area is 150 Å². The van der Waals surface area contributed by atoms with E-state index in [1.165, 1.54) is 0 Å². The maximum atomic E-state index is 10.5. The van der Waals surface area contributed by atoms with E-state index in [2.05, 4.69) is 25.2 Å². The van der Waals surface area contributed by atoms with Crippen molar-refractivity contribution in [2.24, 2.45) is 11.8 Å². The number of fused-ring (bicyclic) bond motifs is 2. The molecule has 0 amide bonds. The summed E-state index contributed by atoms with van der Waals surface area (Å²) >= 11 is 0. The van der Waals surface area contributed by atoms with E-state index in [9.17, 15) is 9.90 Å². The molecule has 0 aromatic rings. The highest BCUT2D eigenvalue weighted by molar-refractivity contribution is 5.66. The molecule has 1 heterocycles. The topological polar surface area (TPSA) is 76.0 Å². The number of hydrogen-bond acceptors (Lipinski definition) is 4. The van der Waals surface area contributed by atoms with Crippen LogP contribution < -0.4 is 0 Å². The monoisotopic (exact) mass is 352 g/mol. The quantitative estimate of drug-likeness (QED) is 0.315. The van der Waals surface area contributed by atoms with Crippen LogP contribution in [0.1, 0.15) is 64.7 Å². The van der Waals surface area contributed by atoms with Gasteiger partial charge in [-0.15, -0.1) is 0 Å². The Morgan fingerprint density at radius 1 is 1.20 bits per heavy atom. The van der Waals surface area contributed by atoms with Crippen LogP contribution in [0.4, 0.5) is 0 Å². The second-order valence-electron chi connectivity index (χ2n) is 7.19. The van der Waals surface area contributed by atoms with Crippen LogP contribution in [-0.2, 0) is 14.6 Å². The van der Waals surface area contributed by atoms with Gasteiger partial charge in [0.05, 0.1) is 12.2 Å². The predicted molar refractivity (Wildman–Crippen MR) is 95.9 cm³/mol. The first-order chi connectivity index (χ1) is 12.1. The maximum absolute atomic E-state index is 10.5. The Balaban J connectivity index is 1.78. The number of rotatable bonds is 12. The molecular weight excluding hydrogens is 320 g/mol. The van der Waals surface area contributed by atoms with Gasteiger partial charge in [0.2, 0.25) is 0 Å². The van der Waals surface area contributed by atoms with E-state index in [0.29, 0.717) is 12.3 Å². The molecule has 0 radical (unpaired) electrons. The molecule has 5 nitrogen and oxygen atoms in total. The van der Waals surface area contributed by atoms with Gasteiger partial charge in [0.15, 0.2) is 0 Å². The van der Waals surface area contributed by atoms with Crippen molar-refractivity contribution in [3.8, 4) is 0 Å². The first-order valence-electron chi connectivity index (χ1n) is 9.67. The zero-order chi connectivity index (χ0) is 18.1. The predicted octanol–water partition coefficient (Wildman–Crippen LogP) is 4.02. The molecule has 0 spiro atoms. The van der Waals surface area contributed by atoms with Crippen molar-refractivity contribution in [3.05, 3.63) is 24.3 Å². The van der Waals surface area contributed by atoms with Gasteiger partial charge in [-0.2, -0.15) is 0 Å². The standard InChI is InChI=1S/C20H32O5/c1-2-3-6-9-15(21)12-13-17-16(18-14-19(17)25-24-18)10-7-4-5-8-11-20(22)23/h4,7,12-13,15-19,21H,2-3,5-6,8-11,14H2,1H3,(H,22,23)/t15?,16?,17-,18?,19?/m1/s1. The summed E-state index contributed by atoms with van der Waals surface area (Å²) < 4.78 is 0. The van der Waals surface area contributed by atoms with E-state index in [4.69, 9.17) is 14.9 Å². The SMILES string of the molecule is CCCCCC(O)C=C[C@H]1C2CC(OO2)C1CC=CCCCC(=O)O. The van der Waals surface area contributed by atoms with Crippen molar-refractivity contribution in [2.75, 3.05) is 0 Å². The van der Waals surface area contributed by atoms with Crippen LogP contribution >= 0.6 is 0 Å². The molecule has 2 bridgehead atoms. The highest BCUT2D eigenvalue weighted by atomic mass is 17.2. The van der Waals surface area contributed by atoms with Gasteiger partial charge in [0.1, 0.15) is 6.10 Å². The lowest BCUT2D eigenvalue weighted by atomic mass is 9.89. The number of carbonyl (C=O) groups is 1. The second kappa shape index (κ2) is 10.7. The average Bonchev–Trinajstić information content (AvgIpc) is 3.17. The third kappa shape index (κ3) is 6.57. The minimum absolute atomic E-state index is 0.0921. The van der Waals surface area contributed by atoms with E-state index in [0.717, 1.165) is 44.9 Å². The van der Waals surface area contributed by atoms with E-state index in [-0.39, 0.29) is 30.7 Å². The molecule has 25 heavy (non-hydrogen) atoms. The summed E-state index contributed by atoms with van der Waals surface area (Å²) in [7, 11) is 0. The van der Waals surface area contributed by atoms with Gasteiger partial charge in [-0.3, -0.25) is 4.79 Å². The minimum atomic E-state index is -0.741. The lowest BCUT2D eigenvalue weighted by molar-refractivity contribution is -0.336. The molecule has 1 aliphatic heterocycles. The Hall–Kier alpha value is -1.17. The lowest BCUT2D eigenvalue weighted by Gasteiger charge is -2.27.